The van der Waals surface area contributed by atoms with Crippen LogP contribution in [0.5, 0.6) is 0 Å². The van der Waals surface area contributed by atoms with Gasteiger partial charge < -0.3 is 10.3 Å². The predicted octanol–water partition coefficient (Wildman–Crippen LogP) is 3.52. The van der Waals surface area contributed by atoms with Crippen LogP contribution in [0, 0.1) is 5.92 Å². The van der Waals surface area contributed by atoms with Crippen molar-refractivity contribution in [3.8, 4) is 0 Å². The van der Waals surface area contributed by atoms with Crippen molar-refractivity contribution in [1.29, 1.82) is 0 Å². The maximum atomic E-state index is 12.5. The number of carbonyl (C=O) groups excluding carboxylic acids is 1. The summed E-state index contributed by atoms with van der Waals surface area (Å²) in [5.74, 6) is 0.145. The number of nitrogens with one attached hydrogen (secondary N) is 2. The van der Waals surface area contributed by atoms with Gasteiger partial charge in [-0.15, -0.1) is 0 Å². The summed E-state index contributed by atoms with van der Waals surface area (Å²) in [6, 6.07) is 16.3. The van der Waals surface area contributed by atoms with Gasteiger partial charge in [-0.05, 0) is 30.0 Å². The maximum Gasteiger partial charge on any atom is 0.228 e. The molecule has 1 aromatic heterocycles. The Morgan fingerprint density at radius 2 is 1.67 bits per heavy atom. The third kappa shape index (κ3) is 2.11. The van der Waals surface area contributed by atoms with E-state index in [-0.39, 0.29) is 11.8 Å². The lowest BCUT2D eigenvalue weighted by molar-refractivity contribution is -0.119. The monoisotopic (exact) mass is 276 g/mol. The molecule has 1 heterocycles. The fourth-order valence-electron chi connectivity index (χ4n) is 3.15. The fraction of sp³-hybridized carbons (Fsp3) is 0.167. The topological polar surface area (TPSA) is 44.9 Å². The zero-order valence-corrected chi connectivity index (χ0v) is 11.6. The van der Waals surface area contributed by atoms with Crippen LogP contribution in [0.1, 0.15) is 11.1 Å². The second-order valence-corrected chi connectivity index (χ2v) is 5.61. The Morgan fingerprint density at radius 3 is 2.43 bits per heavy atom. The zero-order valence-electron chi connectivity index (χ0n) is 11.6. The van der Waals surface area contributed by atoms with E-state index in [1.54, 1.807) is 0 Å². The molecule has 2 N–H and O–H groups in total. The molecule has 1 amide bonds. The molecule has 104 valence electrons. The Bertz CT molecular complexity index is 794. The first-order valence-corrected chi connectivity index (χ1v) is 7.25. The highest BCUT2D eigenvalue weighted by Crippen LogP contribution is 2.29. The normalized spacial score (nSPS) is 14.3. The molecule has 0 bridgehead atoms. The third-order valence-electron chi connectivity index (χ3n) is 4.27. The molecule has 0 saturated heterocycles. The number of aromatic amines is 1. The first-order valence-electron chi connectivity index (χ1n) is 7.25. The van der Waals surface area contributed by atoms with Crippen LogP contribution >= 0.6 is 0 Å². The summed E-state index contributed by atoms with van der Waals surface area (Å²) in [7, 11) is 0. The molecule has 1 aliphatic rings. The van der Waals surface area contributed by atoms with Crippen LogP contribution in [0.4, 0.5) is 5.69 Å². The molecule has 4 rings (SSSR count). The Kier molecular flexibility index (Phi) is 2.78. The van der Waals surface area contributed by atoms with Gasteiger partial charge in [0.1, 0.15) is 0 Å². The van der Waals surface area contributed by atoms with Gasteiger partial charge >= 0.3 is 0 Å². The molecule has 21 heavy (non-hydrogen) atoms. The van der Waals surface area contributed by atoms with Crippen molar-refractivity contribution in [3.05, 3.63) is 65.9 Å². The van der Waals surface area contributed by atoms with Crippen molar-refractivity contribution in [2.24, 2.45) is 5.92 Å². The number of carbonyl (C=O) groups is 1. The average molecular weight is 276 g/mol. The second kappa shape index (κ2) is 4.77. The number of rotatable bonds is 2. The van der Waals surface area contributed by atoms with Crippen LogP contribution in [0.25, 0.3) is 10.9 Å². The fourth-order valence-corrected chi connectivity index (χ4v) is 3.15. The minimum absolute atomic E-state index is 0.0380. The number of hydrogen-bond acceptors (Lipinski definition) is 1. The second-order valence-electron chi connectivity index (χ2n) is 5.61. The van der Waals surface area contributed by atoms with E-state index < -0.39 is 0 Å². The first kappa shape index (κ1) is 12.2. The summed E-state index contributed by atoms with van der Waals surface area (Å²) in [6.45, 7) is 0. The highest BCUT2D eigenvalue weighted by Gasteiger charge is 2.27. The van der Waals surface area contributed by atoms with Crippen molar-refractivity contribution >= 4 is 22.5 Å². The Hall–Kier alpha value is -2.55. The molecule has 0 saturated carbocycles. The lowest BCUT2D eigenvalue weighted by Crippen LogP contribution is -2.22. The smallest absolute Gasteiger partial charge is 0.228 e. The molecule has 0 fully saturated rings. The van der Waals surface area contributed by atoms with Gasteiger partial charge in [0.15, 0.2) is 0 Å². The largest absolute Gasteiger partial charge is 0.359 e. The summed E-state index contributed by atoms with van der Waals surface area (Å²) >= 11 is 0. The Labute approximate surface area is 123 Å². The van der Waals surface area contributed by atoms with Gasteiger partial charge in [-0.3, -0.25) is 4.79 Å². The molecule has 0 aliphatic heterocycles. The summed E-state index contributed by atoms with van der Waals surface area (Å²) in [5, 5.41) is 4.13. The SMILES string of the molecule is O=C(Nc1c[nH]c2ccccc12)C1Cc2ccccc2C1. The number of amides is 1. The van der Waals surface area contributed by atoms with Gasteiger partial charge in [0.2, 0.25) is 5.91 Å². The molecule has 3 aromatic rings. The van der Waals surface area contributed by atoms with E-state index in [2.05, 4.69) is 22.4 Å². The molecule has 1 aliphatic carbocycles. The van der Waals surface area contributed by atoms with E-state index in [1.165, 1.54) is 11.1 Å². The van der Waals surface area contributed by atoms with Gasteiger partial charge in [-0.25, -0.2) is 0 Å². The molecule has 3 heteroatoms. The van der Waals surface area contributed by atoms with Crippen molar-refractivity contribution in [2.75, 3.05) is 5.32 Å². The molecule has 0 atom stereocenters. The van der Waals surface area contributed by atoms with Gasteiger partial charge in [-0.1, -0.05) is 42.5 Å². The van der Waals surface area contributed by atoms with Crippen LogP contribution in [0.2, 0.25) is 0 Å². The van der Waals surface area contributed by atoms with E-state index in [1.807, 2.05) is 42.6 Å². The summed E-state index contributed by atoms with van der Waals surface area (Å²) in [5.41, 5.74) is 4.52. The molecular formula is C18H16N2O. The van der Waals surface area contributed by atoms with Gasteiger partial charge in [-0.2, -0.15) is 0 Å². The number of hydrogen-bond donors (Lipinski definition) is 2. The number of para-hydroxylation sites is 1. The molecule has 0 spiro atoms. The van der Waals surface area contributed by atoms with Crippen LogP contribution < -0.4 is 5.32 Å². The number of H-pyrrole nitrogens is 1. The molecule has 2 aromatic carbocycles. The van der Waals surface area contributed by atoms with E-state index >= 15 is 0 Å². The van der Waals surface area contributed by atoms with E-state index in [0.717, 1.165) is 29.4 Å². The van der Waals surface area contributed by atoms with Crippen LogP contribution in [0.15, 0.2) is 54.7 Å². The van der Waals surface area contributed by atoms with Crippen molar-refractivity contribution < 1.29 is 4.79 Å². The number of aromatic nitrogens is 1. The molecular weight excluding hydrogens is 260 g/mol. The number of fused-ring (bicyclic) bond motifs is 2. The van der Waals surface area contributed by atoms with E-state index in [9.17, 15) is 4.79 Å². The van der Waals surface area contributed by atoms with Crippen LogP contribution in [0.3, 0.4) is 0 Å². The van der Waals surface area contributed by atoms with Gasteiger partial charge in [0.25, 0.3) is 0 Å². The lowest BCUT2D eigenvalue weighted by atomic mass is 10.1. The quantitative estimate of drug-likeness (QED) is 0.739. The zero-order chi connectivity index (χ0) is 14.2. The average Bonchev–Trinajstić information content (AvgIpc) is 3.11. The minimum Gasteiger partial charge on any atom is -0.359 e. The number of benzene rings is 2. The summed E-state index contributed by atoms with van der Waals surface area (Å²) in [6.07, 6.45) is 3.54. The predicted molar refractivity (Wildman–Crippen MR) is 84.3 cm³/mol. The van der Waals surface area contributed by atoms with Crippen LogP contribution in [-0.2, 0) is 17.6 Å². The summed E-state index contributed by atoms with van der Waals surface area (Å²) in [4.78, 5) is 15.7. The number of anilines is 1. The highest BCUT2D eigenvalue weighted by atomic mass is 16.1. The minimum atomic E-state index is 0.0380. The van der Waals surface area contributed by atoms with Gasteiger partial charge in [0.05, 0.1) is 5.69 Å². The van der Waals surface area contributed by atoms with Crippen molar-refractivity contribution in [2.45, 2.75) is 12.8 Å². The van der Waals surface area contributed by atoms with E-state index in [0.29, 0.717) is 0 Å². The van der Waals surface area contributed by atoms with Crippen LogP contribution in [-0.4, -0.2) is 10.9 Å². The third-order valence-corrected chi connectivity index (χ3v) is 4.27. The molecule has 0 radical (unpaired) electrons. The Balaban J connectivity index is 1.55. The van der Waals surface area contributed by atoms with Crippen molar-refractivity contribution in [1.82, 2.24) is 4.98 Å². The Morgan fingerprint density at radius 1 is 1.00 bits per heavy atom. The van der Waals surface area contributed by atoms with Gasteiger partial charge in [0, 0.05) is 23.0 Å². The maximum absolute atomic E-state index is 12.5. The van der Waals surface area contributed by atoms with Crippen molar-refractivity contribution in [3.63, 3.8) is 0 Å². The highest BCUT2D eigenvalue weighted by molar-refractivity contribution is 6.02. The molecule has 0 unspecified atom stereocenters. The lowest BCUT2D eigenvalue weighted by Gasteiger charge is -2.09. The standard InChI is InChI=1S/C18H16N2O/c21-18(14-9-12-5-1-2-6-13(12)10-14)20-17-11-19-16-8-4-3-7-15(16)17/h1-8,11,14,19H,9-10H2,(H,20,21). The first-order chi connectivity index (χ1) is 10.3. The van der Waals surface area contributed by atoms with E-state index in [4.69, 9.17) is 0 Å². The molecule has 3 nitrogen and oxygen atoms in total. The summed E-state index contributed by atoms with van der Waals surface area (Å²) < 4.78 is 0.